The molecule has 0 radical (unpaired) electrons. The van der Waals surface area contributed by atoms with Crippen LogP contribution in [0.3, 0.4) is 0 Å². The maximum absolute atomic E-state index is 10.1. The van der Waals surface area contributed by atoms with Gasteiger partial charge in [0, 0.05) is 0 Å². The Hall–Kier alpha value is 0.771. The quantitative estimate of drug-likeness (QED) is 0.591. The molecule has 0 aromatic heterocycles. The van der Waals surface area contributed by atoms with Crippen LogP contribution in [0.25, 0.3) is 0 Å². The van der Waals surface area contributed by atoms with Crippen LogP contribution in [0.1, 0.15) is 96.3 Å². The van der Waals surface area contributed by atoms with E-state index in [4.69, 9.17) is 3.01 Å². The van der Waals surface area contributed by atoms with Crippen molar-refractivity contribution in [1.29, 1.82) is 0 Å². The minimum absolute atomic E-state index is 0.536. The molecule has 0 aromatic carbocycles. The molecule has 3 rings (SSSR count). The van der Waals surface area contributed by atoms with Crippen molar-refractivity contribution < 1.29 is 32.2 Å². The van der Waals surface area contributed by atoms with Gasteiger partial charge in [-0.25, -0.2) is 0 Å². The van der Waals surface area contributed by atoms with Gasteiger partial charge in [-0.1, -0.05) is 0 Å². The third kappa shape index (κ3) is 4.54. The minimum atomic E-state index is -5.02. The standard InChI is InChI=1S/C18H33OSi.3H2O.Ti/c19-20(16-10-4-1-5-11-16,17-12-6-2-7-13-17)18-14-8-3-9-15-18;;;;/h16-18H,1-15H2;3*1H2;/q-1;;;;+4/p-3. The summed E-state index contributed by atoms with van der Waals surface area (Å²) in [6.07, 6.45) is 18.6. The average Bonchev–Trinajstić information content (AvgIpc) is 2.61. The van der Waals surface area contributed by atoms with E-state index in [-0.39, 0.29) is 0 Å². The molecule has 0 amide bonds. The van der Waals surface area contributed by atoms with Gasteiger partial charge in [0.2, 0.25) is 0 Å². The fourth-order valence-corrected chi connectivity index (χ4v) is 17.6. The van der Waals surface area contributed by atoms with Gasteiger partial charge in [-0.15, -0.1) is 0 Å². The Morgan fingerprint density at radius 3 is 1.08 bits per heavy atom. The van der Waals surface area contributed by atoms with Crippen LogP contribution in [-0.4, -0.2) is 19.4 Å². The molecule has 0 spiro atoms. The Balaban J connectivity index is 1.95. The average molecular weight is 392 g/mol. The normalized spacial score (nSPS) is 26.6. The number of hydrogen-bond acceptors (Lipinski definition) is 4. The molecule has 3 fully saturated rings. The Kier molecular flexibility index (Phi) is 7.03. The van der Waals surface area contributed by atoms with E-state index in [1.807, 2.05) is 0 Å². The molecule has 0 aromatic rings. The topological polar surface area (TPSA) is 69.9 Å². The second kappa shape index (κ2) is 8.64. The SMILES string of the molecule is [OH][Ti]([OH])([OH])[O][Si](C1CCCCC1)(C1CCCCC1)C1CCCCC1. The van der Waals surface area contributed by atoms with Crippen LogP contribution in [0.2, 0.25) is 16.6 Å². The van der Waals surface area contributed by atoms with Gasteiger partial charge in [0.25, 0.3) is 0 Å². The third-order valence-corrected chi connectivity index (χ3v) is 16.2. The molecule has 4 nitrogen and oxygen atoms in total. The van der Waals surface area contributed by atoms with Crippen LogP contribution >= 0.6 is 0 Å². The van der Waals surface area contributed by atoms with Crippen LogP contribution in [0.4, 0.5) is 0 Å². The molecule has 3 aliphatic rings. The zero-order valence-corrected chi connectivity index (χ0v) is 17.7. The molecular formula is C18H36O4SiTi. The van der Waals surface area contributed by atoms with Gasteiger partial charge in [-0.3, -0.25) is 0 Å². The zero-order valence-electron chi connectivity index (χ0n) is 15.1. The molecule has 3 N–H and O–H groups in total. The van der Waals surface area contributed by atoms with E-state index in [9.17, 15) is 11.1 Å². The molecule has 3 saturated carbocycles. The summed E-state index contributed by atoms with van der Waals surface area (Å²) >= 11 is -5.02. The van der Waals surface area contributed by atoms with Crippen molar-refractivity contribution in [1.82, 2.24) is 0 Å². The first-order chi connectivity index (χ1) is 11.5. The predicted molar refractivity (Wildman–Crippen MR) is 94.0 cm³/mol. The van der Waals surface area contributed by atoms with Crippen molar-refractivity contribution in [2.24, 2.45) is 0 Å². The maximum atomic E-state index is 10.1. The van der Waals surface area contributed by atoms with E-state index in [0.717, 1.165) is 0 Å². The Labute approximate surface area is 153 Å². The van der Waals surface area contributed by atoms with E-state index in [1.165, 1.54) is 96.3 Å². The van der Waals surface area contributed by atoms with Crippen molar-refractivity contribution in [3.05, 3.63) is 0 Å². The summed E-state index contributed by atoms with van der Waals surface area (Å²) < 4.78 is 36.4. The summed E-state index contributed by atoms with van der Waals surface area (Å²) in [5, 5.41) is 0. The number of rotatable bonds is 5. The molecule has 6 heteroatoms. The fourth-order valence-electron chi connectivity index (χ4n) is 6.15. The van der Waals surface area contributed by atoms with Crippen LogP contribution in [0.5, 0.6) is 0 Å². The van der Waals surface area contributed by atoms with Gasteiger partial charge >= 0.3 is 153 Å². The molecule has 0 atom stereocenters. The molecule has 0 aliphatic heterocycles. The Morgan fingerprint density at radius 2 is 0.833 bits per heavy atom. The van der Waals surface area contributed by atoms with E-state index in [1.54, 1.807) is 0 Å². The summed E-state index contributed by atoms with van der Waals surface area (Å²) in [7, 11) is -2.40. The molecule has 24 heavy (non-hydrogen) atoms. The first-order valence-corrected chi connectivity index (χ1v) is 15.3. The third-order valence-electron chi connectivity index (χ3n) is 7.04. The van der Waals surface area contributed by atoms with Crippen molar-refractivity contribution >= 4 is 8.32 Å². The Bertz CT molecular complexity index is 337. The molecular weight excluding hydrogens is 356 g/mol. The monoisotopic (exact) mass is 392 g/mol. The first-order valence-electron chi connectivity index (χ1n) is 10.4. The summed E-state index contributed by atoms with van der Waals surface area (Å²) in [5.41, 5.74) is 1.61. The van der Waals surface area contributed by atoms with Crippen molar-refractivity contribution in [2.45, 2.75) is 113 Å². The van der Waals surface area contributed by atoms with Gasteiger partial charge in [-0.05, 0) is 0 Å². The summed E-state index contributed by atoms with van der Waals surface area (Å²) in [5.74, 6) is 0. The summed E-state index contributed by atoms with van der Waals surface area (Å²) in [4.78, 5) is 0. The molecule has 0 bridgehead atoms. The van der Waals surface area contributed by atoms with E-state index >= 15 is 0 Å². The summed E-state index contributed by atoms with van der Waals surface area (Å²) in [6.45, 7) is 0. The van der Waals surface area contributed by atoms with Crippen molar-refractivity contribution in [2.75, 3.05) is 0 Å². The zero-order chi connectivity index (χ0) is 17.0. The second-order valence-corrected chi connectivity index (χ2v) is 15.6. The van der Waals surface area contributed by atoms with Gasteiger partial charge in [0.15, 0.2) is 0 Å². The van der Waals surface area contributed by atoms with E-state index < -0.39 is 26.5 Å². The van der Waals surface area contributed by atoms with Crippen LogP contribution in [-0.2, 0) is 21.1 Å². The first kappa shape index (κ1) is 19.5. The molecule has 0 unspecified atom stereocenters. The van der Waals surface area contributed by atoms with E-state index in [0.29, 0.717) is 16.6 Å². The molecule has 0 saturated heterocycles. The van der Waals surface area contributed by atoms with Crippen LogP contribution in [0.15, 0.2) is 0 Å². The van der Waals surface area contributed by atoms with Crippen LogP contribution < -0.4 is 0 Å². The van der Waals surface area contributed by atoms with Crippen LogP contribution in [0, 0.1) is 0 Å². The second-order valence-electron chi connectivity index (χ2n) is 8.53. The Morgan fingerprint density at radius 1 is 0.542 bits per heavy atom. The fraction of sp³-hybridized carbons (Fsp3) is 1.00. The van der Waals surface area contributed by atoms with Gasteiger partial charge in [-0.2, -0.15) is 0 Å². The number of hydrogen-bond donors (Lipinski definition) is 3. The van der Waals surface area contributed by atoms with Gasteiger partial charge in [0.05, 0.1) is 0 Å². The molecule has 0 heterocycles. The van der Waals surface area contributed by atoms with E-state index in [2.05, 4.69) is 0 Å². The summed E-state index contributed by atoms with van der Waals surface area (Å²) in [6, 6.07) is 0. The predicted octanol–water partition coefficient (Wildman–Crippen LogP) is 4.74. The van der Waals surface area contributed by atoms with Gasteiger partial charge < -0.3 is 0 Å². The molecule has 3 aliphatic carbocycles. The molecule has 140 valence electrons. The van der Waals surface area contributed by atoms with Crippen molar-refractivity contribution in [3.63, 3.8) is 0 Å². The van der Waals surface area contributed by atoms with Crippen molar-refractivity contribution in [3.8, 4) is 0 Å². The van der Waals surface area contributed by atoms with Gasteiger partial charge in [0.1, 0.15) is 0 Å².